The van der Waals surface area contributed by atoms with Gasteiger partial charge < -0.3 is 18.4 Å². The Morgan fingerprint density at radius 2 is 1.84 bits per heavy atom. The van der Waals surface area contributed by atoms with Crippen LogP contribution in [0.1, 0.15) is 70.2 Å². The van der Waals surface area contributed by atoms with Gasteiger partial charge in [0, 0.05) is 36.4 Å². The molecule has 0 aliphatic carbocycles. The van der Waals surface area contributed by atoms with E-state index in [0.29, 0.717) is 21.5 Å². The van der Waals surface area contributed by atoms with Gasteiger partial charge in [0.05, 0.1) is 18.3 Å². The average Bonchev–Trinajstić information content (AvgIpc) is 2.75. The number of nitrogens with zero attached hydrogens (tertiary/aromatic N) is 1. The Balaban J connectivity index is 1.83. The quantitative estimate of drug-likeness (QED) is 0.293. The fourth-order valence-electron chi connectivity index (χ4n) is 4.05. The summed E-state index contributed by atoms with van der Waals surface area (Å²) in [4.78, 5) is 14.9. The van der Waals surface area contributed by atoms with Crippen LogP contribution < -0.4 is 10.2 Å². The lowest BCUT2D eigenvalue weighted by Gasteiger charge is -2.39. The maximum absolute atomic E-state index is 15.5. The second kappa shape index (κ2) is 10.9. The fraction of sp³-hybridized carbons (Fsp3) is 0.600. The van der Waals surface area contributed by atoms with Gasteiger partial charge in [-0.05, 0) is 35.8 Å². The third kappa shape index (κ3) is 6.74. The van der Waals surface area contributed by atoms with Crippen molar-refractivity contribution in [2.75, 3.05) is 7.11 Å². The maximum Gasteiger partial charge on any atom is 0.396 e. The van der Waals surface area contributed by atoms with Crippen LogP contribution in [0.4, 0.5) is 4.39 Å². The van der Waals surface area contributed by atoms with Crippen molar-refractivity contribution >= 4 is 36.5 Å². The fourth-order valence-corrected chi connectivity index (χ4v) is 5.30. The SMILES string of the molecule is [B]C([B])(OP1OCc2c(F)c(C(C)(C)C)cc(C(C)(C)C)c2O1)C(CCn1cc(C)c(=S)[nH]c1=O)OC. The van der Waals surface area contributed by atoms with Crippen LogP contribution in [0.5, 0.6) is 5.75 Å². The van der Waals surface area contributed by atoms with Crippen LogP contribution in [0.15, 0.2) is 17.1 Å². The molecule has 0 fully saturated rings. The summed E-state index contributed by atoms with van der Waals surface area (Å²) in [7, 11) is 12.0. The molecular weight excluding hydrogens is 512 g/mol. The number of hydrogen-bond acceptors (Lipinski definition) is 6. The molecule has 1 N–H and O–H groups in total. The van der Waals surface area contributed by atoms with Crippen LogP contribution in [-0.2, 0) is 37.8 Å². The lowest BCUT2D eigenvalue weighted by atomic mass is 9.61. The van der Waals surface area contributed by atoms with E-state index in [1.165, 1.54) is 11.7 Å². The van der Waals surface area contributed by atoms with Crippen molar-refractivity contribution in [3.8, 4) is 5.75 Å². The standard InChI is InChI=1S/C25H34B2FN2O5PS/c1-14-12-30(22(31)29-21(14)37)10-9-18(32-8)25(26,27)35-36-33-13-15-19(28)16(23(2,3)4)11-17(20(15)34-36)24(5,6)7/h11-12,18H,9-10,13H2,1-8H3,(H,29,31,37). The lowest BCUT2D eigenvalue weighted by molar-refractivity contribution is 0.000850. The highest BCUT2D eigenvalue weighted by molar-refractivity contribution is 7.71. The topological polar surface area (TPSA) is 74.7 Å². The molecule has 0 saturated heterocycles. The molecule has 12 heteroatoms. The molecule has 1 aliphatic rings. The molecule has 4 radical (unpaired) electrons. The van der Waals surface area contributed by atoms with Crippen molar-refractivity contribution in [1.82, 2.24) is 9.55 Å². The van der Waals surface area contributed by atoms with E-state index in [9.17, 15) is 4.79 Å². The smallest absolute Gasteiger partial charge is 0.396 e. The molecule has 1 aromatic heterocycles. The van der Waals surface area contributed by atoms with Crippen molar-refractivity contribution in [3.63, 3.8) is 0 Å². The summed E-state index contributed by atoms with van der Waals surface area (Å²) < 4.78 is 40.6. The van der Waals surface area contributed by atoms with Crippen LogP contribution in [0.3, 0.4) is 0 Å². The molecule has 3 rings (SSSR count). The summed E-state index contributed by atoms with van der Waals surface area (Å²) in [5.41, 5.74) is 1.44. The van der Waals surface area contributed by atoms with Crippen molar-refractivity contribution in [1.29, 1.82) is 0 Å². The van der Waals surface area contributed by atoms with Crippen LogP contribution in [-0.4, -0.2) is 43.9 Å². The first-order valence-electron chi connectivity index (χ1n) is 12.0. The molecule has 1 aliphatic heterocycles. The number of aromatic amines is 1. The predicted molar refractivity (Wildman–Crippen MR) is 147 cm³/mol. The van der Waals surface area contributed by atoms with Gasteiger partial charge in [-0.1, -0.05) is 53.8 Å². The minimum absolute atomic E-state index is 0.0501. The summed E-state index contributed by atoms with van der Waals surface area (Å²) >= 11 is 5.10. The van der Waals surface area contributed by atoms with Gasteiger partial charge in [0.25, 0.3) is 0 Å². The average molecular weight is 546 g/mol. The molecular formula is C25H34B2FN2O5PS. The molecule has 0 saturated carbocycles. The molecule has 37 heavy (non-hydrogen) atoms. The van der Waals surface area contributed by atoms with Crippen molar-refractivity contribution < 1.29 is 22.7 Å². The second-order valence-corrected chi connectivity index (χ2v) is 12.9. The van der Waals surface area contributed by atoms with E-state index in [1.807, 2.05) is 47.6 Å². The summed E-state index contributed by atoms with van der Waals surface area (Å²) in [6.45, 7) is 14.0. The van der Waals surface area contributed by atoms with Crippen LogP contribution in [0.2, 0.25) is 0 Å². The van der Waals surface area contributed by atoms with Crippen LogP contribution >= 0.6 is 20.8 Å². The Morgan fingerprint density at radius 1 is 1.22 bits per heavy atom. The lowest BCUT2D eigenvalue weighted by Crippen LogP contribution is -2.47. The number of fused-ring (bicyclic) bond motifs is 1. The Kier molecular flexibility index (Phi) is 8.87. The highest BCUT2D eigenvalue weighted by atomic mass is 32.1. The van der Waals surface area contributed by atoms with Crippen LogP contribution in [0.25, 0.3) is 0 Å². The molecule has 0 bridgehead atoms. The number of H-pyrrole nitrogens is 1. The van der Waals surface area contributed by atoms with Crippen molar-refractivity contribution in [3.05, 3.63) is 55.5 Å². The van der Waals surface area contributed by atoms with Crippen molar-refractivity contribution in [2.24, 2.45) is 0 Å². The third-order valence-corrected chi connectivity index (χ3v) is 7.81. The van der Waals surface area contributed by atoms with E-state index in [2.05, 4.69) is 4.98 Å². The van der Waals surface area contributed by atoms with Crippen molar-refractivity contribution in [2.45, 2.75) is 90.4 Å². The third-order valence-electron chi connectivity index (χ3n) is 6.25. The number of methoxy groups -OCH3 is 1. The molecule has 2 aromatic rings. The highest BCUT2D eigenvalue weighted by Gasteiger charge is 2.39. The normalized spacial score (nSPS) is 17.3. The summed E-state index contributed by atoms with van der Waals surface area (Å²) in [5.74, 6) is 0.0380. The number of hydrogen-bond donors (Lipinski definition) is 1. The number of aromatic nitrogens is 2. The molecule has 2 heterocycles. The highest BCUT2D eigenvalue weighted by Crippen LogP contribution is 2.54. The molecule has 198 valence electrons. The first-order valence-corrected chi connectivity index (χ1v) is 13.5. The minimum atomic E-state index is -2.06. The molecule has 1 aromatic carbocycles. The second-order valence-electron chi connectivity index (χ2n) is 11.4. The first kappa shape index (κ1) is 30.0. The Labute approximate surface area is 227 Å². The molecule has 2 unspecified atom stereocenters. The van der Waals surface area contributed by atoms with Crippen LogP contribution in [0, 0.1) is 17.4 Å². The zero-order valence-corrected chi connectivity index (χ0v) is 24.4. The van der Waals surface area contributed by atoms with Gasteiger partial charge in [-0.15, -0.1) is 0 Å². The maximum atomic E-state index is 15.5. The number of rotatable bonds is 7. The molecule has 2 atom stereocenters. The van der Waals surface area contributed by atoms with Gasteiger partial charge >= 0.3 is 14.3 Å². The summed E-state index contributed by atoms with van der Waals surface area (Å²) in [5, 5.41) is -1.82. The van der Waals surface area contributed by atoms with E-state index < -0.39 is 25.5 Å². The van der Waals surface area contributed by atoms with Gasteiger partial charge in [0.1, 0.15) is 31.9 Å². The molecule has 7 nitrogen and oxygen atoms in total. The zero-order chi connectivity index (χ0) is 27.9. The largest absolute Gasteiger partial charge is 0.426 e. The number of aryl methyl sites for hydroxylation is 2. The Morgan fingerprint density at radius 3 is 2.41 bits per heavy atom. The monoisotopic (exact) mass is 546 g/mol. The van der Waals surface area contributed by atoms with E-state index in [0.717, 1.165) is 11.1 Å². The summed E-state index contributed by atoms with van der Waals surface area (Å²) in [6.07, 6.45) is 1.09. The zero-order valence-electron chi connectivity index (χ0n) is 22.7. The van der Waals surface area contributed by atoms with Gasteiger partial charge in [-0.25, -0.2) is 9.18 Å². The number of benzene rings is 1. The van der Waals surface area contributed by atoms with E-state index in [1.54, 1.807) is 13.1 Å². The Bertz CT molecular complexity index is 1270. The van der Waals surface area contributed by atoms with E-state index >= 15 is 4.39 Å². The Hall–Kier alpha value is -1.51. The molecule has 0 amide bonds. The van der Waals surface area contributed by atoms with E-state index in [-0.39, 0.29) is 36.5 Å². The molecule has 0 spiro atoms. The summed E-state index contributed by atoms with van der Waals surface area (Å²) in [6, 6.07) is 1.86. The minimum Gasteiger partial charge on any atom is -0.426 e. The predicted octanol–water partition coefficient (Wildman–Crippen LogP) is 5.20. The number of ether oxygens (including phenoxy) is 1. The van der Waals surface area contributed by atoms with Gasteiger partial charge in [0.15, 0.2) is 0 Å². The first-order chi connectivity index (χ1) is 17.0. The van der Waals surface area contributed by atoms with E-state index in [4.69, 9.17) is 46.2 Å². The van der Waals surface area contributed by atoms with Gasteiger partial charge in [-0.2, -0.15) is 0 Å². The number of halogens is 1. The number of nitrogens with one attached hydrogen (secondary N) is 1. The van der Waals surface area contributed by atoms with Gasteiger partial charge in [0.2, 0.25) is 0 Å². The van der Waals surface area contributed by atoms with Gasteiger partial charge in [-0.3, -0.25) is 9.51 Å².